The topological polar surface area (TPSA) is 64.3 Å². The van der Waals surface area contributed by atoms with Crippen molar-refractivity contribution >= 4 is 38.8 Å². The summed E-state index contributed by atoms with van der Waals surface area (Å²) in [4.78, 5) is 36.4. The van der Waals surface area contributed by atoms with Gasteiger partial charge in [0, 0.05) is 24.4 Å². The molecule has 0 unspecified atom stereocenters. The Kier molecular flexibility index (Phi) is 3.01. The van der Waals surface area contributed by atoms with Crippen LogP contribution in [-0.2, 0) is 16.6 Å². The summed E-state index contributed by atoms with van der Waals surface area (Å²) >= 11 is 3.35. The largest absolute Gasteiger partial charge is 0.348 e. The summed E-state index contributed by atoms with van der Waals surface area (Å²) in [5.41, 5.74) is 0.807. The molecule has 1 fully saturated rings. The Balaban J connectivity index is 2.31. The highest BCUT2D eigenvalue weighted by molar-refractivity contribution is 9.10. The molecule has 20 heavy (non-hydrogen) atoms. The predicted octanol–water partition coefficient (Wildman–Crippen LogP) is 1.28. The van der Waals surface area contributed by atoms with Gasteiger partial charge in [0.05, 0.1) is 11.0 Å². The molecule has 0 saturated carbocycles. The van der Waals surface area contributed by atoms with Gasteiger partial charge >= 0.3 is 5.69 Å². The Morgan fingerprint density at radius 3 is 2.35 bits per heavy atom. The van der Waals surface area contributed by atoms with E-state index in [0.717, 1.165) is 9.48 Å². The Bertz CT molecular complexity index is 774. The Hall–Kier alpha value is -1.89. The summed E-state index contributed by atoms with van der Waals surface area (Å²) in [6, 6.07) is 5.28. The van der Waals surface area contributed by atoms with E-state index in [0.29, 0.717) is 17.5 Å². The average molecular weight is 338 g/mol. The number of amides is 2. The minimum atomic E-state index is -0.401. The number of aryl methyl sites for hydroxylation is 1. The maximum absolute atomic E-state index is 12.4. The van der Waals surface area contributed by atoms with E-state index in [1.165, 1.54) is 9.24 Å². The molecule has 2 amide bonds. The molecule has 0 spiro atoms. The first-order valence-corrected chi connectivity index (χ1v) is 7.03. The van der Waals surface area contributed by atoms with Crippen molar-refractivity contribution in [3.8, 4) is 0 Å². The third kappa shape index (κ3) is 1.81. The number of fused-ring (bicyclic) bond motifs is 1. The van der Waals surface area contributed by atoms with E-state index in [1.54, 1.807) is 25.2 Å². The fourth-order valence-electron chi connectivity index (χ4n) is 2.45. The minimum absolute atomic E-state index is 0.283. The van der Waals surface area contributed by atoms with E-state index in [1.807, 2.05) is 0 Å². The quantitative estimate of drug-likeness (QED) is 0.736. The lowest BCUT2D eigenvalue weighted by Crippen LogP contribution is -2.52. The number of aromatic nitrogens is 2. The smallest absolute Gasteiger partial charge is 0.293 e. The number of hydrogen-bond acceptors (Lipinski definition) is 3. The van der Waals surface area contributed by atoms with E-state index in [2.05, 4.69) is 15.9 Å². The molecule has 2 heterocycles. The highest BCUT2D eigenvalue weighted by atomic mass is 79.9. The number of benzene rings is 1. The third-order valence-corrected chi connectivity index (χ3v) is 3.94. The van der Waals surface area contributed by atoms with Crippen LogP contribution in [0.4, 0.5) is 0 Å². The lowest BCUT2D eigenvalue weighted by Gasteiger charge is -2.24. The second kappa shape index (κ2) is 4.59. The van der Waals surface area contributed by atoms with E-state index in [-0.39, 0.29) is 24.7 Å². The molecule has 0 aliphatic carbocycles. The van der Waals surface area contributed by atoms with Gasteiger partial charge in [-0.15, -0.1) is 0 Å². The predicted molar refractivity (Wildman–Crippen MR) is 77.0 cm³/mol. The Morgan fingerprint density at radius 2 is 1.70 bits per heavy atom. The molecule has 3 rings (SSSR count). The van der Waals surface area contributed by atoms with Gasteiger partial charge in [-0.25, -0.2) is 4.79 Å². The summed E-state index contributed by atoms with van der Waals surface area (Å²) < 4.78 is 3.43. The molecule has 6 nitrogen and oxygen atoms in total. The van der Waals surface area contributed by atoms with Crippen LogP contribution in [0.25, 0.3) is 11.0 Å². The number of hydrogen-bond donors (Lipinski definition) is 0. The van der Waals surface area contributed by atoms with Gasteiger partial charge in [0.1, 0.15) is 0 Å². The summed E-state index contributed by atoms with van der Waals surface area (Å²) in [7, 11) is 1.62. The molecule has 0 N–H and O–H groups in total. The number of nitrogens with zero attached hydrogens (tertiary/aromatic N) is 3. The van der Waals surface area contributed by atoms with Gasteiger partial charge in [-0.05, 0) is 24.6 Å². The SMILES string of the molecule is Cn1c(=O)n(N2C(=O)CCCC2=O)c2ccc(Br)cc21. The molecule has 0 bridgehead atoms. The van der Waals surface area contributed by atoms with Crippen molar-refractivity contribution in [3.05, 3.63) is 33.2 Å². The fraction of sp³-hybridized carbons (Fsp3) is 0.308. The number of halogens is 1. The number of rotatable bonds is 1. The van der Waals surface area contributed by atoms with Gasteiger partial charge < -0.3 is 0 Å². The summed E-state index contributed by atoms with van der Waals surface area (Å²) in [5.74, 6) is -0.669. The zero-order valence-electron chi connectivity index (χ0n) is 10.8. The number of imide groups is 1. The van der Waals surface area contributed by atoms with Crippen LogP contribution in [0, 0.1) is 0 Å². The molecular weight excluding hydrogens is 326 g/mol. The second-order valence-corrected chi connectivity index (χ2v) is 5.65. The zero-order chi connectivity index (χ0) is 14.4. The first-order valence-electron chi connectivity index (χ1n) is 6.24. The second-order valence-electron chi connectivity index (χ2n) is 4.74. The van der Waals surface area contributed by atoms with Crippen LogP contribution in [0.5, 0.6) is 0 Å². The van der Waals surface area contributed by atoms with Crippen molar-refractivity contribution in [2.75, 3.05) is 5.01 Å². The minimum Gasteiger partial charge on any atom is -0.293 e. The fourth-order valence-corrected chi connectivity index (χ4v) is 2.80. The number of carbonyl (C=O) groups is 2. The van der Waals surface area contributed by atoms with Crippen molar-refractivity contribution in [1.82, 2.24) is 9.24 Å². The number of imidazole rings is 1. The van der Waals surface area contributed by atoms with E-state index in [4.69, 9.17) is 0 Å². The molecule has 1 aromatic heterocycles. The monoisotopic (exact) mass is 337 g/mol. The van der Waals surface area contributed by atoms with Crippen LogP contribution >= 0.6 is 15.9 Å². The maximum atomic E-state index is 12.4. The molecular formula is C13H12BrN3O3. The summed E-state index contributed by atoms with van der Waals surface area (Å²) in [5, 5.41) is 0.974. The lowest BCUT2D eigenvalue weighted by molar-refractivity contribution is -0.131. The van der Waals surface area contributed by atoms with Gasteiger partial charge in [-0.3, -0.25) is 14.2 Å². The highest BCUT2D eigenvalue weighted by Gasteiger charge is 2.30. The molecule has 1 aliphatic rings. The molecule has 104 valence electrons. The van der Waals surface area contributed by atoms with Gasteiger partial charge in [0.25, 0.3) is 0 Å². The van der Waals surface area contributed by atoms with Crippen LogP contribution < -0.4 is 10.7 Å². The van der Waals surface area contributed by atoms with Crippen molar-refractivity contribution < 1.29 is 9.59 Å². The third-order valence-electron chi connectivity index (χ3n) is 3.45. The maximum Gasteiger partial charge on any atom is 0.348 e. The van der Waals surface area contributed by atoms with Gasteiger partial charge in [0.2, 0.25) is 11.8 Å². The van der Waals surface area contributed by atoms with Crippen LogP contribution in [0.3, 0.4) is 0 Å². The Morgan fingerprint density at radius 1 is 1.05 bits per heavy atom. The van der Waals surface area contributed by atoms with Crippen LogP contribution in [0.1, 0.15) is 19.3 Å². The van der Waals surface area contributed by atoms with Gasteiger partial charge in [-0.2, -0.15) is 9.69 Å². The van der Waals surface area contributed by atoms with E-state index in [9.17, 15) is 14.4 Å². The molecule has 7 heteroatoms. The standard InChI is InChI=1S/C13H12BrN3O3/c1-15-10-7-8(14)5-6-9(10)16(13(15)20)17-11(18)3-2-4-12(17)19/h5-7H,2-4H2,1H3. The molecule has 0 radical (unpaired) electrons. The van der Waals surface area contributed by atoms with Gasteiger partial charge in [0.15, 0.2) is 0 Å². The average Bonchev–Trinajstić information content (AvgIpc) is 2.64. The first-order chi connectivity index (χ1) is 9.50. The zero-order valence-corrected chi connectivity index (χ0v) is 12.4. The van der Waals surface area contributed by atoms with Crippen LogP contribution in [0.15, 0.2) is 27.5 Å². The van der Waals surface area contributed by atoms with E-state index < -0.39 is 5.69 Å². The van der Waals surface area contributed by atoms with Crippen molar-refractivity contribution in [1.29, 1.82) is 0 Å². The molecule has 1 saturated heterocycles. The molecule has 2 aromatic rings. The molecule has 1 aliphatic heterocycles. The van der Waals surface area contributed by atoms with Crippen molar-refractivity contribution in [2.45, 2.75) is 19.3 Å². The molecule has 0 atom stereocenters. The first kappa shape index (κ1) is 13.1. The normalized spacial score (nSPS) is 16.2. The Labute approximate surface area is 122 Å². The van der Waals surface area contributed by atoms with Gasteiger partial charge in [-0.1, -0.05) is 15.9 Å². The summed E-state index contributed by atoms with van der Waals surface area (Å²) in [6.45, 7) is 0. The lowest BCUT2D eigenvalue weighted by atomic mass is 10.1. The van der Waals surface area contributed by atoms with Crippen LogP contribution in [0.2, 0.25) is 0 Å². The summed E-state index contributed by atoms with van der Waals surface area (Å²) in [6.07, 6.45) is 1.11. The van der Waals surface area contributed by atoms with Crippen molar-refractivity contribution in [2.24, 2.45) is 7.05 Å². The molecule has 1 aromatic carbocycles. The number of piperidine rings is 1. The van der Waals surface area contributed by atoms with Crippen molar-refractivity contribution in [3.63, 3.8) is 0 Å². The van der Waals surface area contributed by atoms with E-state index >= 15 is 0 Å². The number of carbonyl (C=O) groups excluding carboxylic acids is 2. The highest BCUT2D eigenvalue weighted by Crippen LogP contribution is 2.20. The van der Waals surface area contributed by atoms with Crippen LogP contribution in [-0.4, -0.2) is 21.1 Å².